The maximum Gasteiger partial charge on any atom is 0.264 e. The van der Waals surface area contributed by atoms with E-state index in [1.807, 2.05) is 33.8 Å². The summed E-state index contributed by atoms with van der Waals surface area (Å²) in [4.78, 5) is 28.4. The third-order valence-corrected chi connectivity index (χ3v) is 8.43. The fourth-order valence-corrected chi connectivity index (χ4v) is 5.68. The molecule has 9 heteroatoms. The van der Waals surface area contributed by atoms with Crippen molar-refractivity contribution >= 4 is 39.1 Å². The van der Waals surface area contributed by atoms with Crippen LogP contribution in [0.25, 0.3) is 0 Å². The van der Waals surface area contributed by atoms with Gasteiger partial charge in [-0.1, -0.05) is 54.9 Å². The van der Waals surface area contributed by atoms with Gasteiger partial charge < -0.3 is 10.2 Å². The Labute approximate surface area is 230 Å². The first-order valence-corrected chi connectivity index (χ1v) is 14.4. The van der Waals surface area contributed by atoms with Crippen LogP contribution in [0, 0.1) is 13.8 Å². The van der Waals surface area contributed by atoms with Crippen molar-refractivity contribution in [2.24, 2.45) is 0 Å². The predicted octanol–water partition coefficient (Wildman–Crippen LogP) is 5.10. The van der Waals surface area contributed by atoms with E-state index in [0.717, 1.165) is 21.0 Å². The number of aryl methyl sites for hydroxylation is 2. The number of carbonyl (C=O) groups excluding carboxylic acids is 2. The van der Waals surface area contributed by atoms with Crippen LogP contribution in [0.5, 0.6) is 0 Å². The minimum atomic E-state index is -4.09. The Kier molecular flexibility index (Phi) is 9.94. The van der Waals surface area contributed by atoms with E-state index < -0.39 is 28.5 Å². The van der Waals surface area contributed by atoms with Crippen LogP contribution in [0.3, 0.4) is 0 Å². The number of carbonyl (C=O) groups is 2. The number of hydrogen-bond donors (Lipinski definition) is 1. The molecule has 1 atom stereocenters. The maximum atomic E-state index is 14.0. The van der Waals surface area contributed by atoms with Gasteiger partial charge in [0.15, 0.2) is 0 Å². The third-order valence-electron chi connectivity index (χ3n) is 6.39. The summed E-state index contributed by atoms with van der Waals surface area (Å²) in [6.45, 7) is 7.53. The first kappa shape index (κ1) is 29.2. The standard InChI is InChI=1S/C29H34ClN3O4S/c1-5-27(29(35)31-6-2)32(19-23-13-15-24(30)16-14-23)28(34)20-33(25-17-12-21(3)22(4)18-25)38(36,37)26-10-8-7-9-11-26/h7-18,27H,5-6,19-20H2,1-4H3,(H,31,35)/t27-/m1/s1. The number of sulfonamides is 1. The Morgan fingerprint density at radius 3 is 2.16 bits per heavy atom. The van der Waals surface area contributed by atoms with Crippen LogP contribution >= 0.6 is 11.6 Å². The fourth-order valence-electron chi connectivity index (χ4n) is 4.13. The third kappa shape index (κ3) is 6.94. The zero-order chi connectivity index (χ0) is 27.9. The lowest BCUT2D eigenvalue weighted by molar-refractivity contribution is -0.140. The molecular formula is C29H34ClN3O4S. The molecule has 1 N–H and O–H groups in total. The van der Waals surface area contributed by atoms with Crippen molar-refractivity contribution in [2.45, 2.75) is 51.6 Å². The van der Waals surface area contributed by atoms with E-state index in [9.17, 15) is 18.0 Å². The second-order valence-corrected chi connectivity index (χ2v) is 11.4. The van der Waals surface area contributed by atoms with E-state index in [0.29, 0.717) is 23.7 Å². The molecule has 0 saturated heterocycles. The molecule has 7 nitrogen and oxygen atoms in total. The van der Waals surface area contributed by atoms with E-state index in [4.69, 9.17) is 11.6 Å². The minimum Gasteiger partial charge on any atom is -0.355 e. The van der Waals surface area contributed by atoms with Crippen LogP contribution in [0.1, 0.15) is 37.0 Å². The molecule has 0 fully saturated rings. The first-order chi connectivity index (χ1) is 18.1. The van der Waals surface area contributed by atoms with Gasteiger partial charge in [0.05, 0.1) is 10.6 Å². The van der Waals surface area contributed by atoms with Gasteiger partial charge in [-0.3, -0.25) is 13.9 Å². The zero-order valence-corrected chi connectivity index (χ0v) is 23.7. The largest absolute Gasteiger partial charge is 0.355 e. The minimum absolute atomic E-state index is 0.0750. The molecule has 0 aliphatic carbocycles. The van der Waals surface area contributed by atoms with Crippen LogP contribution < -0.4 is 9.62 Å². The quantitative estimate of drug-likeness (QED) is 0.357. The molecule has 0 aliphatic rings. The molecule has 0 aromatic heterocycles. The second-order valence-electron chi connectivity index (χ2n) is 9.06. The molecule has 0 aliphatic heterocycles. The molecule has 0 heterocycles. The average molecular weight is 556 g/mol. The van der Waals surface area contributed by atoms with Gasteiger partial charge in [0.2, 0.25) is 11.8 Å². The molecule has 2 amide bonds. The summed E-state index contributed by atoms with van der Waals surface area (Å²) in [5, 5.41) is 3.35. The summed E-state index contributed by atoms with van der Waals surface area (Å²) in [6.07, 6.45) is 0.361. The normalized spacial score (nSPS) is 12.0. The van der Waals surface area contributed by atoms with Gasteiger partial charge in [0.1, 0.15) is 12.6 Å². The number of benzene rings is 3. The van der Waals surface area contributed by atoms with Crippen molar-refractivity contribution in [1.29, 1.82) is 0 Å². The molecule has 3 aromatic rings. The number of anilines is 1. The summed E-state index contributed by atoms with van der Waals surface area (Å²) >= 11 is 6.04. The van der Waals surface area contributed by atoms with E-state index in [2.05, 4.69) is 5.32 Å². The molecule has 0 bridgehead atoms. The molecular weight excluding hydrogens is 522 g/mol. The van der Waals surface area contributed by atoms with E-state index in [1.54, 1.807) is 54.6 Å². The van der Waals surface area contributed by atoms with E-state index >= 15 is 0 Å². The van der Waals surface area contributed by atoms with Gasteiger partial charge in [-0.2, -0.15) is 0 Å². The smallest absolute Gasteiger partial charge is 0.264 e. The van der Waals surface area contributed by atoms with Crippen molar-refractivity contribution in [1.82, 2.24) is 10.2 Å². The van der Waals surface area contributed by atoms with Gasteiger partial charge >= 0.3 is 0 Å². The van der Waals surface area contributed by atoms with Gasteiger partial charge in [0, 0.05) is 18.1 Å². The molecule has 0 radical (unpaired) electrons. The van der Waals surface area contributed by atoms with Crippen LogP contribution in [0.2, 0.25) is 5.02 Å². The Bertz CT molecular complexity index is 1360. The second kappa shape index (κ2) is 12.9. The number of nitrogens with zero attached hydrogens (tertiary/aromatic N) is 2. The van der Waals surface area contributed by atoms with E-state index in [1.165, 1.54) is 17.0 Å². The predicted molar refractivity (Wildman–Crippen MR) is 152 cm³/mol. The number of nitrogens with one attached hydrogen (secondary N) is 1. The number of hydrogen-bond acceptors (Lipinski definition) is 4. The van der Waals surface area contributed by atoms with Crippen molar-refractivity contribution in [2.75, 3.05) is 17.4 Å². The molecule has 0 unspecified atom stereocenters. The van der Waals surface area contributed by atoms with E-state index in [-0.39, 0.29) is 17.3 Å². The zero-order valence-electron chi connectivity index (χ0n) is 22.1. The molecule has 3 rings (SSSR count). The highest BCUT2D eigenvalue weighted by molar-refractivity contribution is 7.92. The molecule has 202 valence electrons. The highest BCUT2D eigenvalue weighted by Gasteiger charge is 2.33. The maximum absolute atomic E-state index is 14.0. The van der Waals surface area contributed by atoms with Crippen molar-refractivity contribution in [3.8, 4) is 0 Å². The molecule has 0 saturated carbocycles. The van der Waals surface area contributed by atoms with Crippen LogP contribution in [0.15, 0.2) is 77.7 Å². The number of likely N-dealkylation sites (N-methyl/N-ethyl adjacent to an activating group) is 1. The lowest BCUT2D eigenvalue weighted by Crippen LogP contribution is -2.52. The van der Waals surface area contributed by atoms with Gasteiger partial charge in [-0.25, -0.2) is 8.42 Å². The van der Waals surface area contributed by atoms with Crippen molar-refractivity contribution in [3.05, 3.63) is 94.5 Å². The summed E-state index contributed by atoms with van der Waals surface area (Å²) in [5.41, 5.74) is 3.05. The summed E-state index contributed by atoms with van der Waals surface area (Å²) in [5.74, 6) is -0.781. The van der Waals surface area contributed by atoms with Gasteiger partial charge in [-0.15, -0.1) is 0 Å². The monoisotopic (exact) mass is 555 g/mol. The highest BCUT2D eigenvalue weighted by atomic mass is 35.5. The van der Waals surface area contributed by atoms with Crippen LogP contribution in [0.4, 0.5) is 5.69 Å². The number of rotatable bonds is 11. The Morgan fingerprint density at radius 2 is 1.58 bits per heavy atom. The lowest BCUT2D eigenvalue weighted by atomic mass is 10.1. The van der Waals surface area contributed by atoms with Crippen LogP contribution in [-0.4, -0.2) is 44.3 Å². The topological polar surface area (TPSA) is 86.8 Å². The Balaban J connectivity index is 2.06. The summed E-state index contributed by atoms with van der Waals surface area (Å²) in [7, 11) is -4.09. The van der Waals surface area contributed by atoms with Crippen molar-refractivity contribution < 1.29 is 18.0 Å². The fraction of sp³-hybridized carbons (Fsp3) is 0.310. The van der Waals surface area contributed by atoms with Gasteiger partial charge in [-0.05, 0) is 80.3 Å². The summed E-state index contributed by atoms with van der Waals surface area (Å²) < 4.78 is 28.8. The Morgan fingerprint density at radius 1 is 0.921 bits per heavy atom. The van der Waals surface area contributed by atoms with Gasteiger partial charge in [0.25, 0.3) is 10.0 Å². The SMILES string of the molecule is CCNC(=O)[C@@H](CC)N(Cc1ccc(Cl)cc1)C(=O)CN(c1ccc(C)c(C)c1)S(=O)(=O)c1ccccc1. The highest BCUT2D eigenvalue weighted by Crippen LogP contribution is 2.27. The van der Waals surface area contributed by atoms with Crippen molar-refractivity contribution in [3.63, 3.8) is 0 Å². The molecule has 0 spiro atoms. The summed E-state index contributed by atoms with van der Waals surface area (Å²) in [6, 6.07) is 19.5. The first-order valence-electron chi connectivity index (χ1n) is 12.5. The number of halogens is 1. The Hall–Kier alpha value is -3.36. The molecule has 38 heavy (non-hydrogen) atoms. The average Bonchev–Trinajstić information content (AvgIpc) is 2.90. The van der Waals surface area contributed by atoms with Crippen LogP contribution in [-0.2, 0) is 26.2 Å². The molecule has 3 aromatic carbocycles. The lowest BCUT2D eigenvalue weighted by Gasteiger charge is -2.33. The number of amides is 2.